The highest BCUT2D eigenvalue weighted by molar-refractivity contribution is 7.89. The van der Waals surface area contributed by atoms with Crippen molar-refractivity contribution in [2.75, 3.05) is 31.9 Å². The van der Waals surface area contributed by atoms with Gasteiger partial charge in [0, 0.05) is 25.7 Å². The number of carbonyl (C=O) groups excluding carboxylic acids is 1. The van der Waals surface area contributed by atoms with Crippen molar-refractivity contribution in [2.45, 2.75) is 26.3 Å². The molecule has 1 rings (SSSR count). The van der Waals surface area contributed by atoms with Crippen LogP contribution in [-0.4, -0.2) is 56.6 Å². The third kappa shape index (κ3) is 5.01. The number of nitrogens with zero attached hydrogens (tertiary/aromatic N) is 1. The molecule has 1 saturated heterocycles. The van der Waals surface area contributed by atoms with Crippen LogP contribution in [0.25, 0.3) is 0 Å². The predicted molar refractivity (Wildman–Crippen MR) is 66.1 cm³/mol. The lowest BCUT2D eigenvalue weighted by Crippen LogP contribution is -2.41. The topological polar surface area (TPSA) is 78.5 Å². The van der Waals surface area contributed by atoms with Crippen molar-refractivity contribution in [1.29, 1.82) is 0 Å². The molecular weight excluding hydrogens is 242 g/mol. The van der Waals surface area contributed by atoms with Crippen LogP contribution in [-0.2, 0) is 14.8 Å². The van der Waals surface area contributed by atoms with Gasteiger partial charge in [-0.3, -0.25) is 4.79 Å². The Balaban J connectivity index is 2.52. The molecule has 6 nitrogen and oxygen atoms in total. The molecule has 17 heavy (non-hydrogen) atoms. The van der Waals surface area contributed by atoms with Gasteiger partial charge in [0.2, 0.25) is 15.9 Å². The average Bonchev–Trinajstić information content (AvgIpc) is 2.42. The Morgan fingerprint density at radius 1 is 1.47 bits per heavy atom. The minimum Gasteiger partial charge on any atom is -0.355 e. The average molecular weight is 263 g/mol. The highest BCUT2D eigenvalue weighted by atomic mass is 32.2. The van der Waals surface area contributed by atoms with E-state index in [2.05, 4.69) is 10.6 Å². The number of amides is 1. The zero-order valence-corrected chi connectivity index (χ0v) is 11.2. The minimum atomic E-state index is -3.33. The zero-order valence-electron chi connectivity index (χ0n) is 10.4. The lowest BCUT2D eigenvalue weighted by atomic mass is 10.4. The smallest absolute Gasteiger partial charge is 0.235 e. The van der Waals surface area contributed by atoms with E-state index >= 15 is 0 Å². The van der Waals surface area contributed by atoms with Crippen molar-refractivity contribution in [3.8, 4) is 0 Å². The van der Waals surface area contributed by atoms with Crippen LogP contribution in [0.3, 0.4) is 0 Å². The van der Waals surface area contributed by atoms with Crippen molar-refractivity contribution in [2.24, 2.45) is 0 Å². The minimum absolute atomic E-state index is 0.0401. The Morgan fingerprint density at radius 2 is 2.18 bits per heavy atom. The summed E-state index contributed by atoms with van der Waals surface area (Å²) in [5, 5.41) is 5.72. The van der Waals surface area contributed by atoms with Gasteiger partial charge in [-0.15, -0.1) is 0 Å². The Labute approximate surface area is 103 Å². The Morgan fingerprint density at radius 3 is 2.82 bits per heavy atom. The molecule has 0 bridgehead atoms. The quantitative estimate of drug-likeness (QED) is 0.676. The van der Waals surface area contributed by atoms with E-state index in [0.717, 1.165) is 0 Å². The van der Waals surface area contributed by atoms with Crippen molar-refractivity contribution >= 4 is 15.9 Å². The SMILES string of the molecule is CC(C)NCCS(=O)(=O)N1CCCNC(=O)C1. The van der Waals surface area contributed by atoms with Crippen LogP contribution in [0.2, 0.25) is 0 Å². The number of nitrogens with one attached hydrogen (secondary N) is 2. The fraction of sp³-hybridized carbons (Fsp3) is 0.900. The van der Waals surface area contributed by atoms with Crippen LogP contribution < -0.4 is 10.6 Å². The molecule has 0 aromatic heterocycles. The molecule has 0 radical (unpaired) electrons. The Hall–Kier alpha value is -0.660. The fourth-order valence-electron chi connectivity index (χ4n) is 1.62. The maximum absolute atomic E-state index is 12.0. The third-order valence-electron chi connectivity index (χ3n) is 2.53. The first-order chi connectivity index (χ1) is 7.92. The van der Waals surface area contributed by atoms with Crippen LogP contribution in [0.4, 0.5) is 0 Å². The molecule has 0 unspecified atom stereocenters. The predicted octanol–water partition coefficient (Wildman–Crippen LogP) is -0.864. The first-order valence-electron chi connectivity index (χ1n) is 5.90. The maximum atomic E-state index is 12.0. The van der Waals surface area contributed by atoms with Gasteiger partial charge in [-0.2, -0.15) is 4.31 Å². The zero-order chi connectivity index (χ0) is 12.9. The standard InChI is InChI=1S/C10H21N3O3S/c1-9(2)11-5-7-17(15,16)13-6-3-4-12-10(14)8-13/h9,11H,3-8H2,1-2H3,(H,12,14). The second-order valence-electron chi connectivity index (χ2n) is 4.46. The summed E-state index contributed by atoms with van der Waals surface area (Å²) in [7, 11) is -3.33. The van der Waals surface area contributed by atoms with Gasteiger partial charge in [-0.25, -0.2) is 8.42 Å². The number of carbonyl (C=O) groups is 1. The van der Waals surface area contributed by atoms with E-state index in [1.807, 2.05) is 13.8 Å². The van der Waals surface area contributed by atoms with E-state index in [4.69, 9.17) is 0 Å². The van der Waals surface area contributed by atoms with E-state index in [-0.39, 0.29) is 24.2 Å². The van der Waals surface area contributed by atoms with Crippen LogP contribution in [0.15, 0.2) is 0 Å². The molecule has 1 heterocycles. The van der Waals surface area contributed by atoms with Crippen LogP contribution >= 0.6 is 0 Å². The second kappa shape index (κ2) is 6.32. The molecule has 100 valence electrons. The molecule has 1 aliphatic rings. The first-order valence-corrected chi connectivity index (χ1v) is 7.50. The van der Waals surface area contributed by atoms with Gasteiger partial charge in [0.05, 0.1) is 12.3 Å². The lowest BCUT2D eigenvalue weighted by molar-refractivity contribution is -0.120. The Kier molecular flexibility index (Phi) is 5.35. The molecule has 7 heteroatoms. The second-order valence-corrected chi connectivity index (χ2v) is 6.55. The summed E-state index contributed by atoms with van der Waals surface area (Å²) in [6.45, 7) is 5.26. The highest BCUT2D eigenvalue weighted by Gasteiger charge is 2.25. The van der Waals surface area contributed by atoms with Gasteiger partial charge in [-0.05, 0) is 6.42 Å². The normalized spacial score (nSPS) is 19.1. The molecule has 0 aliphatic carbocycles. The van der Waals surface area contributed by atoms with Gasteiger partial charge in [0.15, 0.2) is 0 Å². The first kappa shape index (κ1) is 14.4. The fourth-order valence-corrected chi connectivity index (χ4v) is 2.98. The molecule has 1 fully saturated rings. The summed E-state index contributed by atoms with van der Waals surface area (Å²) < 4.78 is 25.2. The van der Waals surface area contributed by atoms with Gasteiger partial charge < -0.3 is 10.6 Å². The maximum Gasteiger partial charge on any atom is 0.235 e. The molecule has 1 amide bonds. The van der Waals surface area contributed by atoms with Crippen molar-refractivity contribution in [1.82, 2.24) is 14.9 Å². The van der Waals surface area contributed by atoms with E-state index in [1.54, 1.807) is 0 Å². The summed E-state index contributed by atoms with van der Waals surface area (Å²) in [4.78, 5) is 11.3. The van der Waals surface area contributed by atoms with E-state index in [1.165, 1.54) is 4.31 Å². The summed E-state index contributed by atoms with van der Waals surface area (Å²) >= 11 is 0. The summed E-state index contributed by atoms with van der Waals surface area (Å²) in [5.74, 6) is -0.179. The van der Waals surface area contributed by atoms with Crippen LogP contribution in [0.1, 0.15) is 20.3 Å². The largest absolute Gasteiger partial charge is 0.355 e. The van der Waals surface area contributed by atoms with E-state index in [0.29, 0.717) is 26.1 Å². The lowest BCUT2D eigenvalue weighted by Gasteiger charge is -2.19. The Bertz CT molecular complexity index is 354. The van der Waals surface area contributed by atoms with E-state index in [9.17, 15) is 13.2 Å². The van der Waals surface area contributed by atoms with Crippen molar-refractivity contribution in [3.63, 3.8) is 0 Å². The van der Waals surface area contributed by atoms with Crippen LogP contribution in [0, 0.1) is 0 Å². The van der Waals surface area contributed by atoms with Crippen molar-refractivity contribution < 1.29 is 13.2 Å². The highest BCUT2D eigenvalue weighted by Crippen LogP contribution is 2.04. The summed E-state index contributed by atoms with van der Waals surface area (Å²) in [5.41, 5.74) is 0. The number of rotatable bonds is 5. The number of hydrogen-bond acceptors (Lipinski definition) is 4. The molecule has 0 atom stereocenters. The summed E-state index contributed by atoms with van der Waals surface area (Å²) in [6, 6.07) is 0.262. The van der Waals surface area contributed by atoms with Gasteiger partial charge in [0.25, 0.3) is 0 Å². The van der Waals surface area contributed by atoms with Crippen molar-refractivity contribution in [3.05, 3.63) is 0 Å². The molecule has 0 spiro atoms. The molecule has 1 aliphatic heterocycles. The van der Waals surface area contributed by atoms with E-state index < -0.39 is 10.0 Å². The van der Waals surface area contributed by atoms with Gasteiger partial charge >= 0.3 is 0 Å². The third-order valence-corrected chi connectivity index (χ3v) is 4.35. The van der Waals surface area contributed by atoms with Crippen LogP contribution in [0.5, 0.6) is 0 Å². The number of hydrogen-bond donors (Lipinski definition) is 2. The number of sulfonamides is 1. The monoisotopic (exact) mass is 263 g/mol. The molecule has 2 N–H and O–H groups in total. The van der Waals surface area contributed by atoms with Gasteiger partial charge in [-0.1, -0.05) is 13.8 Å². The summed E-state index contributed by atoms with van der Waals surface area (Å²) in [6.07, 6.45) is 0.669. The molecule has 0 aromatic rings. The van der Waals surface area contributed by atoms with Gasteiger partial charge in [0.1, 0.15) is 0 Å². The molecular formula is C10H21N3O3S. The molecule has 0 saturated carbocycles. The molecule has 0 aromatic carbocycles.